The minimum Gasteiger partial charge on any atom is -0.387 e. The van der Waals surface area contributed by atoms with Gasteiger partial charge in [0.25, 0.3) is 0 Å². The van der Waals surface area contributed by atoms with Crippen molar-refractivity contribution in [3.63, 3.8) is 0 Å². The third-order valence-corrected chi connectivity index (χ3v) is 4.86. The fourth-order valence-corrected chi connectivity index (χ4v) is 3.14. The van der Waals surface area contributed by atoms with Crippen LogP contribution < -0.4 is 5.32 Å². The van der Waals surface area contributed by atoms with E-state index >= 15 is 0 Å². The van der Waals surface area contributed by atoms with E-state index in [0.29, 0.717) is 5.92 Å². The second-order valence-corrected chi connectivity index (χ2v) is 6.86. The zero-order valence-corrected chi connectivity index (χ0v) is 14.5. The standard InChI is InChI=1S/C20H22N4O/c1-12-5-18(19(25)6-13-3-4-13)23-11-16(12)17-7-14-10-24-20(21-2)8-15(14)9-22-17/h5,7-11,13,19,25H,3-4,6H2,1-2H3,(H,21,24). The Bertz CT molecular complexity index is 921. The molecule has 1 fully saturated rings. The van der Waals surface area contributed by atoms with Crippen molar-refractivity contribution in [2.24, 2.45) is 5.92 Å². The second kappa shape index (κ2) is 6.41. The molecule has 3 heterocycles. The number of aromatic nitrogens is 3. The van der Waals surface area contributed by atoms with Crippen LogP contribution in [-0.4, -0.2) is 27.1 Å². The zero-order valence-electron chi connectivity index (χ0n) is 14.5. The van der Waals surface area contributed by atoms with Crippen molar-refractivity contribution >= 4 is 16.6 Å². The van der Waals surface area contributed by atoms with Gasteiger partial charge in [0.15, 0.2) is 0 Å². The van der Waals surface area contributed by atoms with Gasteiger partial charge >= 0.3 is 0 Å². The minimum atomic E-state index is -0.464. The predicted molar refractivity (Wildman–Crippen MR) is 99.4 cm³/mol. The molecule has 0 radical (unpaired) electrons. The summed E-state index contributed by atoms with van der Waals surface area (Å²) < 4.78 is 0. The van der Waals surface area contributed by atoms with Crippen LogP contribution in [0.5, 0.6) is 0 Å². The summed E-state index contributed by atoms with van der Waals surface area (Å²) in [5, 5.41) is 15.4. The Morgan fingerprint density at radius 3 is 2.56 bits per heavy atom. The number of aryl methyl sites for hydroxylation is 1. The smallest absolute Gasteiger partial charge is 0.126 e. The van der Waals surface area contributed by atoms with Crippen LogP contribution in [0.1, 0.15) is 36.6 Å². The lowest BCUT2D eigenvalue weighted by Crippen LogP contribution is -2.03. The second-order valence-electron chi connectivity index (χ2n) is 6.86. The summed E-state index contributed by atoms with van der Waals surface area (Å²) in [5.41, 5.74) is 3.70. The van der Waals surface area contributed by atoms with Gasteiger partial charge in [-0.2, -0.15) is 0 Å². The average molecular weight is 334 g/mol. The third kappa shape index (κ3) is 3.33. The Hall–Kier alpha value is -2.53. The van der Waals surface area contributed by atoms with Crippen molar-refractivity contribution in [1.29, 1.82) is 0 Å². The molecule has 5 heteroatoms. The molecule has 1 atom stereocenters. The highest BCUT2D eigenvalue weighted by Crippen LogP contribution is 2.37. The predicted octanol–water partition coefficient (Wildman–Crippen LogP) is 3.88. The summed E-state index contributed by atoms with van der Waals surface area (Å²) in [7, 11) is 1.85. The Labute approximate surface area is 147 Å². The lowest BCUT2D eigenvalue weighted by molar-refractivity contribution is 0.155. The van der Waals surface area contributed by atoms with Crippen molar-refractivity contribution in [3.05, 3.63) is 48.0 Å². The van der Waals surface area contributed by atoms with E-state index in [1.165, 1.54) is 12.8 Å². The number of aliphatic hydroxyl groups is 1. The van der Waals surface area contributed by atoms with Crippen molar-refractivity contribution in [2.75, 3.05) is 12.4 Å². The first-order chi connectivity index (χ1) is 12.1. The van der Waals surface area contributed by atoms with Gasteiger partial charge in [0.1, 0.15) is 5.82 Å². The lowest BCUT2D eigenvalue weighted by Gasteiger charge is -2.12. The number of nitrogens with one attached hydrogen (secondary N) is 1. The van der Waals surface area contributed by atoms with E-state index < -0.39 is 6.10 Å². The number of hydrogen-bond acceptors (Lipinski definition) is 5. The number of fused-ring (bicyclic) bond motifs is 1. The van der Waals surface area contributed by atoms with E-state index in [4.69, 9.17) is 0 Å². The summed E-state index contributed by atoms with van der Waals surface area (Å²) in [5.74, 6) is 1.50. The van der Waals surface area contributed by atoms with Crippen LogP contribution in [0.2, 0.25) is 0 Å². The van der Waals surface area contributed by atoms with E-state index in [2.05, 4.69) is 20.3 Å². The van der Waals surface area contributed by atoms with Crippen molar-refractivity contribution in [2.45, 2.75) is 32.3 Å². The van der Waals surface area contributed by atoms with Crippen LogP contribution in [0.25, 0.3) is 22.0 Å². The molecule has 3 aromatic heterocycles. The molecule has 3 aromatic rings. The van der Waals surface area contributed by atoms with Gasteiger partial charge in [-0.1, -0.05) is 12.8 Å². The molecule has 5 nitrogen and oxygen atoms in total. The molecule has 0 saturated heterocycles. The third-order valence-electron chi connectivity index (χ3n) is 4.86. The maximum absolute atomic E-state index is 10.3. The molecular weight excluding hydrogens is 312 g/mol. The molecule has 0 bridgehead atoms. The fourth-order valence-electron chi connectivity index (χ4n) is 3.14. The molecule has 0 aromatic carbocycles. The van der Waals surface area contributed by atoms with Gasteiger partial charge in [-0.05, 0) is 43.0 Å². The summed E-state index contributed by atoms with van der Waals surface area (Å²) in [6.07, 6.45) is 8.36. The quantitative estimate of drug-likeness (QED) is 0.741. The van der Waals surface area contributed by atoms with Crippen molar-refractivity contribution < 1.29 is 5.11 Å². The first-order valence-corrected chi connectivity index (χ1v) is 8.72. The molecule has 25 heavy (non-hydrogen) atoms. The van der Waals surface area contributed by atoms with Gasteiger partial charge in [-0.15, -0.1) is 0 Å². The lowest BCUT2D eigenvalue weighted by atomic mass is 10.0. The van der Waals surface area contributed by atoms with Gasteiger partial charge in [0.2, 0.25) is 0 Å². The Morgan fingerprint density at radius 2 is 1.84 bits per heavy atom. The van der Waals surface area contributed by atoms with Gasteiger partial charge in [0, 0.05) is 42.0 Å². The highest BCUT2D eigenvalue weighted by Gasteiger charge is 2.26. The van der Waals surface area contributed by atoms with Crippen LogP contribution in [0, 0.1) is 12.8 Å². The monoisotopic (exact) mass is 334 g/mol. The van der Waals surface area contributed by atoms with E-state index in [9.17, 15) is 5.11 Å². The zero-order chi connectivity index (χ0) is 17.4. The van der Waals surface area contributed by atoms with Gasteiger partial charge in [0.05, 0.1) is 17.5 Å². The summed E-state index contributed by atoms with van der Waals surface area (Å²) in [6.45, 7) is 2.04. The van der Waals surface area contributed by atoms with E-state index in [1.54, 1.807) is 0 Å². The maximum atomic E-state index is 10.3. The Balaban J connectivity index is 1.65. The summed E-state index contributed by atoms with van der Waals surface area (Å²) in [6, 6.07) is 6.00. The first kappa shape index (κ1) is 16.0. The highest BCUT2D eigenvalue weighted by atomic mass is 16.3. The molecule has 0 aliphatic heterocycles. The molecule has 1 saturated carbocycles. The van der Waals surface area contributed by atoms with Gasteiger partial charge < -0.3 is 10.4 Å². The molecule has 2 N–H and O–H groups in total. The van der Waals surface area contributed by atoms with E-state index in [-0.39, 0.29) is 0 Å². The molecule has 0 amide bonds. The van der Waals surface area contributed by atoms with E-state index in [0.717, 1.165) is 45.5 Å². The largest absolute Gasteiger partial charge is 0.387 e. The van der Waals surface area contributed by atoms with Crippen LogP contribution in [0.4, 0.5) is 5.82 Å². The Kier molecular flexibility index (Phi) is 4.09. The fraction of sp³-hybridized carbons (Fsp3) is 0.350. The molecule has 128 valence electrons. The summed E-state index contributed by atoms with van der Waals surface area (Å²) in [4.78, 5) is 13.4. The highest BCUT2D eigenvalue weighted by molar-refractivity contribution is 5.86. The van der Waals surface area contributed by atoms with Crippen LogP contribution in [0.15, 0.2) is 36.8 Å². The molecular formula is C20H22N4O. The summed E-state index contributed by atoms with van der Waals surface area (Å²) >= 11 is 0. The minimum absolute atomic E-state index is 0.464. The van der Waals surface area contributed by atoms with Gasteiger partial charge in [-0.25, -0.2) is 4.98 Å². The molecule has 4 rings (SSSR count). The maximum Gasteiger partial charge on any atom is 0.126 e. The van der Waals surface area contributed by atoms with Crippen LogP contribution in [-0.2, 0) is 0 Å². The van der Waals surface area contributed by atoms with Crippen molar-refractivity contribution in [1.82, 2.24) is 15.0 Å². The molecule has 0 spiro atoms. The van der Waals surface area contributed by atoms with Gasteiger partial charge in [-0.3, -0.25) is 9.97 Å². The Morgan fingerprint density at radius 1 is 1.08 bits per heavy atom. The number of pyridine rings is 3. The first-order valence-electron chi connectivity index (χ1n) is 8.72. The van der Waals surface area contributed by atoms with Crippen molar-refractivity contribution in [3.8, 4) is 11.3 Å². The number of hydrogen-bond donors (Lipinski definition) is 2. The average Bonchev–Trinajstić information content (AvgIpc) is 3.44. The SMILES string of the molecule is CNc1cc2cnc(-c3cnc(C(O)CC4CC4)cc3C)cc2cn1. The topological polar surface area (TPSA) is 70.9 Å². The molecule has 1 unspecified atom stereocenters. The molecule has 1 aliphatic carbocycles. The number of nitrogens with zero attached hydrogens (tertiary/aromatic N) is 3. The van der Waals surface area contributed by atoms with E-state index in [1.807, 2.05) is 50.8 Å². The normalized spacial score (nSPS) is 15.3. The number of aliphatic hydroxyl groups excluding tert-OH is 1. The molecule has 1 aliphatic rings. The number of rotatable bonds is 5. The van der Waals surface area contributed by atoms with Crippen LogP contribution in [0.3, 0.4) is 0 Å². The number of anilines is 1. The van der Waals surface area contributed by atoms with Crippen LogP contribution >= 0.6 is 0 Å².